The lowest BCUT2D eigenvalue weighted by Gasteiger charge is -2.24. The fourth-order valence-corrected chi connectivity index (χ4v) is 5.59. The summed E-state index contributed by atoms with van der Waals surface area (Å²) < 4.78 is 6.00. The third kappa shape index (κ3) is 4.56. The van der Waals surface area contributed by atoms with E-state index in [9.17, 15) is 9.59 Å². The summed E-state index contributed by atoms with van der Waals surface area (Å²) in [7, 11) is 0. The Bertz CT molecular complexity index is 1290. The summed E-state index contributed by atoms with van der Waals surface area (Å²) in [6.07, 6.45) is 9.51. The van der Waals surface area contributed by atoms with Crippen molar-refractivity contribution < 1.29 is 14.3 Å². The number of Topliss-reactive ketones (excluding diaryl/α,β-unsaturated/α-hetero) is 1. The van der Waals surface area contributed by atoms with E-state index in [-0.39, 0.29) is 23.8 Å². The summed E-state index contributed by atoms with van der Waals surface area (Å²) in [5.41, 5.74) is 1.94. The van der Waals surface area contributed by atoms with Crippen molar-refractivity contribution in [1.82, 2.24) is 10.2 Å². The number of hydrogen-bond acceptors (Lipinski definition) is 6. The van der Waals surface area contributed by atoms with Crippen molar-refractivity contribution in [2.24, 2.45) is 4.99 Å². The number of fused-ring (bicyclic) bond motifs is 2. The van der Waals surface area contributed by atoms with E-state index in [0.717, 1.165) is 21.8 Å². The summed E-state index contributed by atoms with van der Waals surface area (Å²) in [6.45, 7) is 2.60. The van der Waals surface area contributed by atoms with Crippen LogP contribution in [0, 0.1) is 0 Å². The number of nitrogens with zero attached hydrogens (tertiary/aromatic N) is 2. The SMILES string of the molecule is CC(=O)c1ccc(-c2cc(Cl)c3c(c2)CC(CNC(=O)/C=C/C2C(Cl)=NC4=CC=CCN42)O3)s1. The molecular weight excluding hydrogens is 493 g/mol. The summed E-state index contributed by atoms with van der Waals surface area (Å²) in [6, 6.07) is 7.41. The highest BCUT2D eigenvalue weighted by Gasteiger charge is 2.30. The first-order chi connectivity index (χ1) is 16.4. The Kier molecular flexibility index (Phi) is 6.34. The van der Waals surface area contributed by atoms with Gasteiger partial charge in [-0.3, -0.25) is 9.59 Å². The summed E-state index contributed by atoms with van der Waals surface area (Å²) in [5.74, 6) is 1.27. The summed E-state index contributed by atoms with van der Waals surface area (Å²) in [4.78, 5) is 32.1. The van der Waals surface area contributed by atoms with Crippen molar-refractivity contribution in [1.29, 1.82) is 0 Å². The van der Waals surface area contributed by atoms with E-state index in [1.165, 1.54) is 17.4 Å². The number of carbonyl (C=O) groups excluding carboxylic acids is 2. The zero-order chi connectivity index (χ0) is 23.8. The molecule has 0 aliphatic carbocycles. The Morgan fingerprint density at radius 2 is 2.18 bits per heavy atom. The van der Waals surface area contributed by atoms with Gasteiger partial charge in [-0.25, -0.2) is 4.99 Å². The number of benzene rings is 1. The number of thiophene rings is 1. The van der Waals surface area contributed by atoms with Gasteiger partial charge in [0.15, 0.2) is 5.78 Å². The van der Waals surface area contributed by atoms with E-state index in [0.29, 0.717) is 40.3 Å². The minimum atomic E-state index is -0.242. The molecule has 2 aromatic rings. The summed E-state index contributed by atoms with van der Waals surface area (Å²) in [5, 5.41) is 3.86. The molecular formula is C25H21Cl2N3O3S. The van der Waals surface area contributed by atoms with Crippen LogP contribution in [-0.4, -0.2) is 47.0 Å². The average Bonchev–Trinajstić information content (AvgIpc) is 3.53. The van der Waals surface area contributed by atoms with Gasteiger partial charge in [-0.1, -0.05) is 35.4 Å². The van der Waals surface area contributed by atoms with Crippen molar-refractivity contribution in [3.8, 4) is 16.2 Å². The lowest BCUT2D eigenvalue weighted by Crippen LogP contribution is -2.35. The summed E-state index contributed by atoms with van der Waals surface area (Å²) >= 11 is 14.2. The predicted molar refractivity (Wildman–Crippen MR) is 136 cm³/mol. The van der Waals surface area contributed by atoms with E-state index in [2.05, 4.69) is 10.3 Å². The third-order valence-electron chi connectivity index (χ3n) is 5.80. The first-order valence-electron chi connectivity index (χ1n) is 10.8. The van der Waals surface area contributed by atoms with Gasteiger partial charge in [0.2, 0.25) is 5.91 Å². The number of hydrogen-bond donors (Lipinski definition) is 1. The zero-order valence-electron chi connectivity index (χ0n) is 18.3. The van der Waals surface area contributed by atoms with Crippen LogP contribution in [0.1, 0.15) is 22.2 Å². The standard InChI is InChI=1S/C25H21Cl2N3O3S/c1-14(31)20-6-7-21(34-20)15-10-16-11-17(33-24(16)18(26)12-15)13-28-23(32)8-5-19-25(27)29-22-4-2-3-9-30(19)22/h2-8,10,12,17,19H,9,11,13H2,1H3,(H,28,32)/b8-5+. The van der Waals surface area contributed by atoms with Crippen LogP contribution in [0.4, 0.5) is 0 Å². The van der Waals surface area contributed by atoms with Gasteiger partial charge in [0.1, 0.15) is 28.9 Å². The number of halogens is 2. The molecule has 1 N–H and O–H groups in total. The number of ether oxygens (including phenoxy) is 1. The number of ketones is 1. The molecule has 3 aliphatic heterocycles. The second-order valence-corrected chi connectivity index (χ2v) is 10.1. The maximum atomic E-state index is 12.4. The quantitative estimate of drug-likeness (QED) is 0.436. The van der Waals surface area contributed by atoms with Gasteiger partial charge in [-0.2, -0.15) is 0 Å². The number of nitrogens with one attached hydrogen (secondary N) is 1. The van der Waals surface area contributed by atoms with Gasteiger partial charge in [-0.05, 0) is 48.9 Å². The number of carbonyl (C=O) groups is 2. The van der Waals surface area contributed by atoms with Gasteiger partial charge >= 0.3 is 0 Å². The van der Waals surface area contributed by atoms with E-state index >= 15 is 0 Å². The van der Waals surface area contributed by atoms with Crippen LogP contribution >= 0.6 is 34.5 Å². The first kappa shape index (κ1) is 22.9. The third-order valence-corrected chi connectivity index (χ3v) is 7.63. The van der Waals surface area contributed by atoms with Crippen LogP contribution in [-0.2, 0) is 11.2 Å². The zero-order valence-corrected chi connectivity index (χ0v) is 20.6. The molecule has 9 heteroatoms. The van der Waals surface area contributed by atoms with Gasteiger partial charge in [0.25, 0.3) is 0 Å². The Balaban J connectivity index is 1.19. The minimum Gasteiger partial charge on any atom is -0.486 e. The molecule has 0 saturated heterocycles. The lowest BCUT2D eigenvalue weighted by atomic mass is 10.1. The average molecular weight is 514 g/mol. The monoisotopic (exact) mass is 513 g/mol. The van der Waals surface area contributed by atoms with Crippen LogP contribution < -0.4 is 10.1 Å². The maximum absolute atomic E-state index is 12.4. The normalized spacial score (nSPS) is 20.6. The second-order valence-electron chi connectivity index (χ2n) is 8.20. The van der Waals surface area contributed by atoms with Crippen molar-refractivity contribution in [3.63, 3.8) is 0 Å². The Labute approximate surface area is 211 Å². The molecule has 1 aromatic carbocycles. The highest BCUT2D eigenvalue weighted by Crippen LogP contribution is 2.41. The Hall–Kier alpha value is -2.87. The van der Waals surface area contributed by atoms with E-state index in [1.54, 1.807) is 13.0 Å². The molecule has 3 aliphatic rings. The van der Waals surface area contributed by atoms with E-state index in [4.69, 9.17) is 27.9 Å². The topological polar surface area (TPSA) is 71.0 Å². The van der Waals surface area contributed by atoms with Gasteiger partial charge < -0.3 is 15.0 Å². The number of rotatable bonds is 6. The van der Waals surface area contributed by atoms with Crippen LogP contribution in [0.15, 0.2) is 65.5 Å². The molecule has 0 fully saturated rings. The molecule has 2 atom stereocenters. The van der Waals surface area contributed by atoms with Gasteiger partial charge in [0, 0.05) is 29.5 Å². The largest absolute Gasteiger partial charge is 0.486 e. The van der Waals surface area contributed by atoms with Crippen molar-refractivity contribution >= 4 is 51.4 Å². The highest BCUT2D eigenvalue weighted by molar-refractivity contribution is 7.17. The molecule has 1 amide bonds. The minimum absolute atomic E-state index is 0.0452. The lowest BCUT2D eigenvalue weighted by molar-refractivity contribution is -0.116. The highest BCUT2D eigenvalue weighted by atomic mass is 35.5. The van der Waals surface area contributed by atoms with E-state index < -0.39 is 0 Å². The van der Waals surface area contributed by atoms with Crippen molar-refractivity contribution in [2.75, 3.05) is 13.1 Å². The van der Waals surface area contributed by atoms with Crippen LogP contribution in [0.25, 0.3) is 10.4 Å². The molecule has 0 bridgehead atoms. The van der Waals surface area contributed by atoms with Crippen LogP contribution in [0.2, 0.25) is 5.02 Å². The van der Waals surface area contributed by atoms with Crippen LogP contribution in [0.3, 0.4) is 0 Å². The number of aliphatic imine (C=N–C) groups is 1. The maximum Gasteiger partial charge on any atom is 0.243 e. The van der Waals surface area contributed by atoms with E-state index in [1.807, 2.05) is 47.4 Å². The molecule has 0 radical (unpaired) electrons. The number of amides is 1. The first-order valence-corrected chi connectivity index (χ1v) is 12.4. The molecule has 6 nitrogen and oxygen atoms in total. The molecule has 4 heterocycles. The molecule has 0 saturated carbocycles. The van der Waals surface area contributed by atoms with Gasteiger partial charge in [0.05, 0.1) is 16.4 Å². The van der Waals surface area contributed by atoms with Crippen LogP contribution in [0.5, 0.6) is 5.75 Å². The molecule has 174 valence electrons. The molecule has 0 spiro atoms. The number of allylic oxidation sites excluding steroid dienone is 2. The predicted octanol–water partition coefficient (Wildman–Crippen LogP) is 4.98. The van der Waals surface area contributed by atoms with Crippen molar-refractivity contribution in [2.45, 2.75) is 25.5 Å². The Morgan fingerprint density at radius 1 is 1.32 bits per heavy atom. The fourth-order valence-electron chi connectivity index (χ4n) is 4.14. The second kappa shape index (κ2) is 9.41. The smallest absolute Gasteiger partial charge is 0.243 e. The fraction of sp³-hybridized carbons (Fsp3) is 0.240. The Morgan fingerprint density at radius 3 is 2.97 bits per heavy atom. The molecule has 5 rings (SSSR count). The van der Waals surface area contributed by atoms with Crippen molar-refractivity contribution in [3.05, 3.63) is 75.9 Å². The molecule has 34 heavy (non-hydrogen) atoms. The molecule has 2 unspecified atom stereocenters. The molecule has 1 aromatic heterocycles. The van der Waals surface area contributed by atoms with Gasteiger partial charge in [-0.15, -0.1) is 11.3 Å².